The number of hydrogen-bond acceptors (Lipinski definition) is 3. The molecular formula is C17H15FN4O. The van der Waals surface area contributed by atoms with E-state index < -0.39 is 0 Å². The second kappa shape index (κ2) is 6.44. The summed E-state index contributed by atoms with van der Waals surface area (Å²) >= 11 is 0. The fourth-order valence-corrected chi connectivity index (χ4v) is 2.75. The summed E-state index contributed by atoms with van der Waals surface area (Å²) < 4.78 is 14.8. The van der Waals surface area contributed by atoms with Gasteiger partial charge in [-0.25, -0.2) is 14.2 Å². The van der Waals surface area contributed by atoms with Gasteiger partial charge in [0.25, 0.3) is 0 Å². The number of imidazole rings is 1. The minimum Gasteiger partial charge on any atom is -0.323 e. The van der Waals surface area contributed by atoms with Gasteiger partial charge in [-0.1, -0.05) is 12.1 Å². The highest BCUT2D eigenvalue weighted by molar-refractivity contribution is 5.80. The number of amides is 1. The lowest BCUT2D eigenvalue weighted by Crippen LogP contribution is -2.38. The molecule has 0 radical (unpaired) electrons. The molecule has 0 spiro atoms. The summed E-state index contributed by atoms with van der Waals surface area (Å²) in [5.41, 5.74) is 2.07. The summed E-state index contributed by atoms with van der Waals surface area (Å²) in [5, 5.41) is 9.42. The highest BCUT2D eigenvalue weighted by Gasteiger charge is 2.22. The summed E-state index contributed by atoms with van der Waals surface area (Å²) in [5.74, 6) is -0.358. The molecule has 0 atom stereocenters. The SMILES string of the molecule is N#CC(=C1CCN(C(=O)n2ccnc2)CC1)c1cccc(F)c1. The fraction of sp³-hybridized carbons (Fsp3) is 0.235. The number of benzene rings is 1. The molecule has 0 N–H and O–H groups in total. The van der Waals surface area contributed by atoms with Gasteiger partial charge in [-0.15, -0.1) is 0 Å². The molecule has 2 heterocycles. The average Bonchev–Trinajstić information content (AvgIpc) is 3.10. The van der Waals surface area contributed by atoms with Crippen LogP contribution in [0.2, 0.25) is 0 Å². The molecule has 23 heavy (non-hydrogen) atoms. The molecule has 3 rings (SSSR count). The van der Waals surface area contributed by atoms with Crippen molar-refractivity contribution in [2.24, 2.45) is 0 Å². The Labute approximate surface area is 133 Å². The van der Waals surface area contributed by atoms with Gasteiger partial charge in [-0.2, -0.15) is 5.26 Å². The van der Waals surface area contributed by atoms with Crippen LogP contribution in [0.15, 0.2) is 48.6 Å². The summed E-state index contributed by atoms with van der Waals surface area (Å²) in [6.45, 7) is 1.07. The first kappa shape index (κ1) is 15.0. The second-order valence-corrected chi connectivity index (χ2v) is 5.34. The smallest absolute Gasteiger partial charge is 0.323 e. The maximum atomic E-state index is 13.4. The van der Waals surface area contributed by atoms with Crippen molar-refractivity contribution < 1.29 is 9.18 Å². The van der Waals surface area contributed by atoms with Gasteiger partial charge >= 0.3 is 6.03 Å². The van der Waals surface area contributed by atoms with Crippen LogP contribution in [-0.4, -0.2) is 33.6 Å². The van der Waals surface area contributed by atoms with Crippen LogP contribution in [-0.2, 0) is 0 Å². The van der Waals surface area contributed by atoms with E-state index >= 15 is 0 Å². The third-order valence-electron chi connectivity index (χ3n) is 3.94. The summed E-state index contributed by atoms with van der Waals surface area (Å²) in [6.07, 6.45) is 5.87. The average molecular weight is 310 g/mol. The first-order valence-electron chi connectivity index (χ1n) is 7.34. The zero-order chi connectivity index (χ0) is 16.2. The fourth-order valence-electron chi connectivity index (χ4n) is 2.75. The van der Waals surface area contributed by atoms with Crippen LogP contribution >= 0.6 is 0 Å². The molecule has 1 fully saturated rings. The van der Waals surface area contributed by atoms with Gasteiger partial charge in [0.2, 0.25) is 0 Å². The first-order chi connectivity index (χ1) is 11.2. The largest absolute Gasteiger partial charge is 0.329 e. The second-order valence-electron chi connectivity index (χ2n) is 5.34. The van der Waals surface area contributed by atoms with E-state index in [9.17, 15) is 14.4 Å². The van der Waals surface area contributed by atoms with E-state index in [2.05, 4.69) is 11.1 Å². The van der Waals surface area contributed by atoms with E-state index in [1.165, 1.54) is 23.0 Å². The Kier molecular flexibility index (Phi) is 4.20. The number of aromatic nitrogens is 2. The van der Waals surface area contributed by atoms with Crippen molar-refractivity contribution in [3.63, 3.8) is 0 Å². The summed E-state index contributed by atoms with van der Waals surface area (Å²) in [7, 11) is 0. The molecular weight excluding hydrogens is 295 g/mol. The normalized spacial score (nSPS) is 14.4. The predicted molar refractivity (Wildman–Crippen MR) is 82.8 cm³/mol. The molecule has 1 amide bonds. The molecule has 1 saturated heterocycles. The molecule has 0 bridgehead atoms. The minimum atomic E-state index is -0.358. The lowest BCUT2D eigenvalue weighted by Gasteiger charge is -2.29. The quantitative estimate of drug-likeness (QED) is 0.761. The standard InChI is InChI=1S/C17H15FN4O/c18-15-3-1-2-14(10-15)16(11-19)13-4-7-21(8-5-13)17(23)22-9-6-20-12-22/h1-3,6,9-10,12H,4-5,7-8H2. The molecule has 0 saturated carbocycles. The van der Waals surface area contributed by atoms with Crippen LogP contribution < -0.4 is 0 Å². The van der Waals surface area contributed by atoms with Gasteiger partial charge in [0.1, 0.15) is 12.1 Å². The molecule has 6 heteroatoms. The topological polar surface area (TPSA) is 61.9 Å². The third-order valence-corrected chi connectivity index (χ3v) is 3.94. The highest BCUT2D eigenvalue weighted by Crippen LogP contribution is 2.27. The van der Waals surface area contributed by atoms with Gasteiger partial charge in [-0.05, 0) is 36.1 Å². The lowest BCUT2D eigenvalue weighted by molar-refractivity contribution is 0.195. The molecule has 5 nitrogen and oxygen atoms in total. The Morgan fingerprint density at radius 1 is 1.30 bits per heavy atom. The van der Waals surface area contributed by atoms with Gasteiger partial charge < -0.3 is 4.90 Å². The summed E-state index contributed by atoms with van der Waals surface area (Å²) in [4.78, 5) is 17.8. The van der Waals surface area contributed by atoms with E-state index in [1.54, 1.807) is 29.4 Å². The zero-order valence-electron chi connectivity index (χ0n) is 12.4. The van der Waals surface area contributed by atoms with E-state index in [-0.39, 0.29) is 11.8 Å². The number of allylic oxidation sites excluding steroid dienone is 1. The number of hydrogen-bond donors (Lipinski definition) is 0. The monoisotopic (exact) mass is 310 g/mol. The maximum absolute atomic E-state index is 13.4. The Balaban J connectivity index is 1.77. The highest BCUT2D eigenvalue weighted by atomic mass is 19.1. The maximum Gasteiger partial charge on any atom is 0.329 e. The van der Waals surface area contributed by atoms with Crippen molar-refractivity contribution in [1.82, 2.24) is 14.5 Å². The molecule has 1 aromatic heterocycles. The van der Waals surface area contributed by atoms with Crippen LogP contribution in [0.5, 0.6) is 0 Å². The minimum absolute atomic E-state index is 0.120. The number of nitriles is 1. The van der Waals surface area contributed by atoms with Gasteiger partial charge in [0, 0.05) is 25.5 Å². The molecule has 1 aliphatic heterocycles. The molecule has 1 aliphatic rings. The summed E-state index contributed by atoms with van der Waals surface area (Å²) in [6, 6.07) is 8.12. The number of halogens is 1. The van der Waals surface area contributed by atoms with Crippen molar-refractivity contribution in [2.75, 3.05) is 13.1 Å². The molecule has 0 aliphatic carbocycles. The van der Waals surface area contributed by atoms with E-state index in [0.717, 1.165) is 5.57 Å². The van der Waals surface area contributed by atoms with Crippen LogP contribution in [0.4, 0.5) is 9.18 Å². The molecule has 2 aromatic rings. The Morgan fingerprint density at radius 2 is 2.09 bits per heavy atom. The van der Waals surface area contributed by atoms with Gasteiger partial charge in [-0.3, -0.25) is 4.57 Å². The van der Waals surface area contributed by atoms with E-state index in [4.69, 9.17) is 0 Å². The van der Waals surface area contributed by atoms with Gasteiger partial charge in [0.15, 0.2) is 0 Å². The molecule has 1 aromatic carbocycles. The zero-order valence-corrected chi connectivity index (χ0v) is 12.4. The number of nitrogens with zero attached hydrogens (tertiary/aromatic N) is 4. The number of carbonyl (C=O) groups excluding carboxylic acids is 1. The van der Waals surface area contributed by atoms with Crippen LogP contribution in [0.3, 0.4) is 0 Å². The molecule has 0 unspecified atom stereocenters. The predicted octanol–water partition coefficient (Wildman–Crippen LogP) is 3.06. The van der Waals surface area contributed by atoms with Crippen molar-refractivity contribution in [2.45, 2.75) is 12.8 Å². The van der Waals surface area contributed by atoms with Gasteiger partial charge in [0.05, 0.1) is 11.6 Å². The number of rotatable bonds is 1. The third kappa shape index (κ3) is 3.14. The first-order valence-corrected chi connectivity index (χ1v) is 7.34. The van der Waals surface area contributed by atoms with Crippen LogP contribution in [0.25, 0.3) is 5.57 Å². The van der Waals surface area contributed by atoms with Crippen LogP contribution in [0.1, 0.15) is 18.4 Å². The Hall–Kier alpha value is -2.94. The van der Waals surface area contributed by atoms with E-state index in [0.29, 0.717) is 37.1 Å². The number of carbonyl (C=O) groups is 1. The van der Waals surface area contributed by atoms with E-state index in [1.807, 2.05) is 0 Å². The Bertz CT molecular complexity index is 779. The van der Waals surface area contributed by atoms with Crippen molar-refractivity contribution in [3.8, 4) is 6.07 Å². The number of likely N-dealkylation sites (tertiary alicyclic amines) is 1. The van der Waals surface area contributed by atoms with Crippen molar-refractivity contribution in [1.29, 1.82) is 5.26 Å². The molecule has 116 valence electrons. The lowest BCUT2D eigenvalue weighted by atomic mass is 9.94. The van der Waals surface area contributed by atoms with Crippen LogP contribution in [0, 0.1) is 17.1 Å². The number of piperidine rings is 1. The van der Waals surface area contributed by atoms with Crippen molar-refractivity contribution >= 4 is 11.6 Å². The Morgan fingerprint density at radius 3 is 2.70 bits per heavy atom. The van der Waals surface area contributed by atoms with Crippen molar-refractivity contribution in [3.05, 3.63) is 59.9 Å².